The van der Waals surface area contributed by atoms with Gasteiger partial charge in [0.25, 0.3) is 0 Å². The zero-order valence-corrected chi connectivity index (χ0v) is 12.1. The van der Waals surface area contributed by atoms with Crippen molar-refractivity contribution in [3.63, 3.8) is 0 Å². The Bertz CT molecular complexity index is 541. The molecule has 1 nitrogen and oxygen atoms in total. The molecule has 0 aliphatic rings. The van der Waals surface area contributed by atoms with Crippen LogP contribution in [0, 0.1) is 10.5 Å². The van der Waals surface area contributed by atoms with Crippen LogP contribution in [-0.4, -0.2) is 4.98 Å². The first-order chi connectivity index (χ1) is 7.59. The van der Waals surface area contributed by atoms with Gasteiger partial charge in [-0.25, -0.2) is 0 Å². The Labute approximate surface area is 118 Å². The predicted molar refractivity (Wildman–Crippen MR) is 77.1 cm³/mol. The fraction of sp³-hybridized carbons (Fsp3) is 0.0833. The average Bonchev–Trinajstić information content (AvgIpc) is 2.26. The average molecular weight is 364 g/mol. The van der Waals surface area contributed by atoms with Crippen LogP contribution in [0.5, 0.6) is 0 Å². The Morgan fingerprint density at radius 3 is 2.62 bits per heavy atom. The summed E-state index contributed by atoms with van der Waals surface area (Å²) in [5.41, 5.74) is 2.72. The minimum atomic E-state index is 0.554. The lowest BCUT2D eigenvalue weighted by atomic mass is 10.1. The van der Waals surface area contributed by atoms with Crippen molar-refractivity contribution in [2.24, 2.45) is 0 Å². The van der Waals surface area contributed by atoms with E-state index in [4.69, 9.17) is 23.2 Å². The number of hydrogen-bond donors (Lipinski definition) is 0. The number of rotatable bonds is 1. The molecule has 4 heteroatoms. The van der Waals surface area contributed by atoms with E-state index < -0.39 is 0 Å². The van der Waals surface area contributed by atoms with Crippen molar-refractivity contribution in [2.75, 3.05) is 0 Å². The molecule has 0 saturated heterocycles. The molecule has 0 aliphatic heterocycles. The van der Waals surface area contributed by atoms with E-state index in [2.05, 4.69) is 27.6 Å². The summed E-state index contributed by atoms with van der Waals surface area (Å²) in [6, 6.07) is 9.58. The molecule has 0 fully saturated rings. The zero-order valence-electron chi connectivity index (χ0n) is 8.47. The quantitative estimate of drug-likeness (QED) is 0.652. The van der Waals surface area contributed by atoms with E-state index in [1.54, 1.807) is 6.07 Å². The van der Waals surface area contributed by atoms with Gasteiger partial charge in [-0.05, 0) is 47.7 Å². The Hall–Kier alpha value is -0.320. The van der Waals surface area contributed by atoms with Gasteiger partial charge in [-0.3, -0.25) is 4.98 Å². The molecule has 0 aliphatic carbocycles. The summed E-state index contributed by atoms with van der Waals surface area (Å²) in [5.74, 6) is 0. The molecule has 2 aromatic rings. The summed E-state index contributed by atoms with van der Waals surface area (Å²) in [6.45, 7) is 1.96. The molecule has 0 radical (unpaired) electrons. The summed E-state index contributed by atoms with van der Waals surface area (Å²) in [6.07, 6.45) is 0. The third kappa shape index (κ3) is 2.34. The minimum absolute atomic E-state index is 0.554. The van der Waals surface area contributed by atoms with Crippen molar-refractivity contribution in [2.45, 2.75) is 6.92 Å². The normalized spacial score (nSPS) is 10.5. The second-order valence-corrected chi connectivity index (χ2v) is 5.33. The summed E-state index contributed by atoms with van der Waals surface area (Å²) in [4.78, 5) is 4.49. The lowest BCUT2D eigenvalue weighted by Gasteiger charge is -2.08. The Kier molecular flexibility index (Phi) is 3.72. The fourth-order valence-electron chi connectivity index (χ4n) is 1.42. The van der Waals surface area contributed by atoms with Crippen LogP contribution in [-0.2, 0) is 0 Å². The number of aromatic nitrogens is 1. The van der Waals surface area contributed by atoms with Crippen LogP contribution < -0.4 is 0 Å². The first-order valence-electron chi connectivity index (χ1n) is 4.67. The second-order valence-electron chi connectivity index (χ2n) is 3.38. The maximum Gasteiger partial charge on any atom is 0.0854 e. The molecule has 16 heavy (non-hydrogen) atoms. The van der Waals surface area contributed by atoms with Gasteiger partial charge in [0, 0.05) is 14.8 Å². The zero-order chi connectivity index (χ0) is 11.7. The maximum atomic E-state index is 6.18. The van der Waals surface area contributed by atoms with E-state index >= 15 is 0 Å². The van der Waals surface area contributed by atoms with Crippen molar-refractivity contribution in [1.29, 1.82) is 0 Å². The third-order valence-electron chi connectivity index (χ3n) is 2.19. The molecule has 0 bridgehead atoms. The van der Waals surface area contributed by atoms with Crippen molar-refractivity contribution in [3.05, 3.63) is 49.6 Å². The topological polar surface area (TPSA) is 12.9 Å². The van der Waals surface area contributed by atoms with Crippen LogP contribution in [0.4, 0.5) is 0 Å². The van der Waals surface area contributed by atoms with Gasteiger partial charge in [-0.2, -0.15) is 0 Å². The Balaban J connectivity index is 2.67. The van der Waals surface area contributed by atoms with Gasteiger partial charge in [0.1, 0.15) is 0 Å². The van der Waals surface area contributed by atoms with Crippen LogP contribution in [0.25, 0.3) is 11.3 Å². The molecule has 82 valence electrons. The third-order valence-corrected chi connectivity index (χ3v) is 3.88. The molecule has 0 atom stereocenters. The molecule has 0 saturated carbocycles. The lowest BCUT2D eigenvalue weighted by Crippen LogP contribution is -1.91. The minimum Gasteiger partial charge on any atom is -0.252 e. The van der Waals surface area contributed by atoms with Crippen LogP contribution >= 0.6 is 45.8 Å². The highest BCUT2D eigenvalue weighted by Gasteiger charge is 2.11. The van der Waals surface area contributed by atoms with Gasteiger partial charge in [0.15, 0.2) is 0 Å². The van der Waals surface area contributed by atoms with E-state index in [1.807, 2.05) is 31.2 Å². The van der Waals surface area contributed by atoms with Crippen LogP contribution in [0.15, 0.2) is 30.3 Å². The molecular formula is C12H8Cl2IN. The van der Waals surface area contributed by atoms with Gasteiger partial charge < -0.3 is 0 Å². The highest BCUT2D eigenvalue weighted by Crippen LogP contribution is 2.34. The standard InChI is InChI=1S/C12H8Cl2IN/c1-7-5-6-10(15)12(16-7)8-3-2-4-9(13)11(8)14/h2-6H,1H3. The first kappa shape index (κ1) is 12.1. The highest BCUT2D eigenvalue weighted by atomic mass is 127. The number of aryl methyl sites for hydroxylation is 1. The summed E-state index contributed by atoms with van der Waals surface area (Å²) >= 11 is 14.4. The largest absolute Gasteiger partial charge is 0.252 e. The van der Waals surface area contributed by atoms with Gasteiger partial charge >= 0.3 is 0 Å². The molecule has 2 rings (SSSR count). The van der Waals surface area contributed by atoms with E-state index in [9.17, 15) is 0 Å². The van der Waals surface area contributed by atoms with Gasteiger partial charge in [-0.15, -0.1) is 0 Å². The highest BCUT2D eigenvalue weighted by molar-refractivity contribution is 14.1. The molecule has 1 heterocycles. The number of hydrogen-bond acceptors (Lipinski definition) is 1. The summed E-state index contributed by atoms with van der Waals surface area (Å²) < 4.78 is 1.06. The smallest absolute Gasteiger partial charge is 0.0854 e. The molecule has 1 aromatic heterocycles. The number of benzene rings is 1. The van der Waals surface area contributed by atoms with E-state index in [1.165, 1.54) is 0 Å². The van der Waals surface area contributed by atoms with Crippen LogP contribution in [0.3, 0.4) is 0 Å². The van der Waals surface area contributed by atoms with Gasteiger partial charge in [0.2, 0.25) is 0 Å². The fourth-order valence-corrected chi connectivity index (χ4v) is 2.40. The van der Waals surface area contributed by atoms with Gasteiger partial charge in [0.05, 0.1) is 15.7 Å². The predicted octanol–water partition coefficient (Wildman–Crippen LogP) is 4.97. The first-order valence-corrected chi connectivity index (χ1v) is 6.50. The Morgan fingerprint density at radius 2 is 1.88 bits per heavy atom. The number of nitrogens with zero attached hydrogens (tertiary/aromatic N) is 1. The van der Waals surface area contributed by atoms with Gasteiger partial charge in [-0.1, -0.05) is 35.3 Å². The van der Waals surface area contributed by atoms with E-state index in [-0.39, 0.29) is 0 Å². The molecule has 0 N–H and O–H groups in total. The second kappa shape index (κ2) is 4.90. The van der Waals surface area contributed by atoms with E-state index in [0.29, 0.717) is 10.0 Å². The lowest BCUT2D eigenvalue weighted by molar-refractivity contribution is 1.19. The molecule has 0 amide bonds. The monoisotopic (exact) mass is 363 g/mol. The van der Waals surface area contributed by atoms with Crippen molar-refractivity contribution in [3.8, 4) is 11.3 Å². The number of pyridine rings is 1. The van der Waals surface area contributed by atoms with Crippen molar-refractivity contribution >= 4 is 45.8 Å². The summed E-state index contributed by atoms with van der Waals surface area (Å²) in [7, 11) is 0. The maximum absolute atomic E-state index is 6.18. The molecule has 0 unspecified atom stereocenters. The molecular weight excluding hydrogens is 356 g/mol. The SMILES string of the molecule is Cc1ccc(I)c(-c2cccc(Cl)c2Cl)n1. The van der Waals surface area contributed by atoms with Crippen LogP contribution in [0.1, 0.15) is 5.69 Å². The van der Waals surface area contributed by atoms with Crippen molar-refractivity contribution < 1.29 is 0 Å². The Morgan fingerprint density at radius 1 is 1.12 bits per heavy atom. The number of halogens is 3. The van der Waals surface area contributed by atoms with Crippen molar-refractivity contribution in [1.82, 2.24) is 4.98 Å². The molecule has 0 spiro atoms. The van der Waals surface area contributed by atoms with Crippen LogP contribution in [0.2, 0.25) is 10.0 Å². The summed E-state index contributed by atoms with van der Waals surface area (Å²) in [5, 5.41) is 1.11. The van der Waals surface area contributed by atoms with E-state index in [0.717, 1.165) is 20.5 Å². The molecule has 1 aromatic carbocycles.